The number of methoxy groups -OCH3 is 1. The minimum atomic E-state index is -0.351. The van der Waals surface area contributed by atoms with E-state index >= 15 is 0 Å². The zero-order chi connectivity index (χ0) is 11.5. The van der Waals surface area contributed by atoms with Crippen molar-refractivity contribution in [2.45, 2.75) is 31.6 Å². The van der Waals surface area contributed by atoms with E-state index in [1.54, 1.807) is 0 Å². The Balaban J connectivity index is 2.25. The molecule has 1 aliphatic rings. The van der Waals surface area contributed by atoms with Crippen LogP contribution in [-0.4, -0.2) is 24.6 Å². The summed E-state index contributed by atoms with van der Waals surface area (Å²) in [6, 6.07) is 2.07. The number of hydrogen-bond acceptors (Lipinski definition) is 3. The second-order valence-electron chi connectivity index (χ2n) is 4.25. The third-order valence-corrected chi connectivity index (χ3v) is 3.23. The molecule has 0 saturated heterocycles. The van der Waals surface area contributed by atoms with E-state index in [1.807, 2.05) is 0 Å². The highest BCUT2D eigenvalue weighted by Gasteiger charge is 2.23. The van der Waals surface area contributed by atoms with Gasteiger partial charge in [-0.15, -0.1) is 0 Å². The first kappa shape index (κ1) is 11.2. The lowest BCUT2D eigenvalue weighted by Gasteiger charge is -2.10. The normalized spacial score (nSPS) is 16.6. The number of carbonyl (C=O) groups is 1. The molecule has 4 heteroatoms. The Bertz CT molecular complexity index is 361. The maximum atomic E-state index is 11.5. The monoisotopic (exact) mass is 222 g/mol. The number of nitrogens with one attached hydrogen (secondary N) is 1. The van der Waals surface area contributed by atoms with Crippen LogP contribution in [0.1, 0.15) is 35.7 Å². The van der Waals surface area contributed by atoms with Crippen LogP contribution in [0.25, 0.3) is 0 Å². The number of nitrogens with two attached hydrogens (primary N) is 1. The molecular weight excluding hydrogens is 204 g/mol. The number of ether oxygens (including phenoxy) is 1. The first-order valence-corrected chi connectivity index (χ1v) is 5.74. The number of H-pyrrole nitrogens is 1. The van der Waals surface area contributed by atoms with Gasteiger partial charge in [-0.2, -0.15) is 0 Å². The van der Waals surface area contributed by atoms with Crippen molar-refractivity contribution < 1.29 is 9.53 Å². The lowest BCUT2D eigenvalue weighted by molar-refractivity contribution is -0.142. The Kier molecular flexibility index (Phi) is 3.29. The fraction of sp³-hybridized carbons (Fsp3) is 0.583. The van der Waals surface area contributed by atoms with Crippen LogP contribution in [0.3, 0.4) is 0 Å². The lowest BCUT2D eigenvalue weighted by Crippen LogP contribution is -2.23. The highest BCUT2D eigenvalue weighted by atomic mass is 16.5. The van der Waals surface area contributed by atoms with E-state index < -0.39 is 0 Å². The summed E-state index contributed by atoms with van der Waals surface area (Å²) in [7, 11) is 1.40. The number of rotatable bonds is 3. The molecule has 1 aromatic rings. The molecule has 0 aliphatic heterocycles. The third kappa shape index (κ3) is 1.97. The Labute approximate surface area is 95.2 Å². The number of fused-ring (bicyclic) bond motifs is 1. The number of carbonyl (C=O) groups excluding carboxylic acids is 1. The predicted molar refractivity (Wildman–Crippen MR) is 61.2 cm³/mol. The van der Waals surface area contributed by atoms with Crippen LogP contribution < -0.4 is 5.73 Å². The standard InChI is InChI=1S/C12H18N2O2/c1-16-12(15)9(7-13)11-6-8-4-2-3-5-10(8)14-11/h6,9,14H,2-5,7,13H2,1H3. The minimum Gasteiger partial charge on any atom is -0.468 e. The molecule has 16 heavy (non-hydrogen) atoms. The van der Waals surface area contributed by atoms with E-state index in [4.69, 9.17) is 10.5 Å². The average molecular weight is 222 g/mol. The van der Waals surface area contributed by atoms with Crippen molar-refractivity contribution in [3.05, 3.63) is 23.0 Å². The van der Waals surface area contributed by atoms with Crippen LogP contribution >= 0.6 is 0 Å². The van der Waals surface area contributed by atoms with Gasteiger partial charge in [-0.25, -0.2) is 0 Å². The summed E-state index contributed by atoms with van der Waals surface area (Å²) >= 11 is 0. The van der Waals surface area contributed by atoms with E-state index in [-0.39, 0.29) is 18.4 Å². The molecule has 1 aromatic heterocycles. The summed E-state index contributed by atoms with van der Waals surface area (Å²) in [4.78, 5) is 14.9. The van der Waals surface area contributed by atoms with Gasteiger partial charge in [0.15, 0.2) is 0 Å². The van der Waals surface area contributed by atoms with Gasteiger partial charge >= 0.3 is 5.97 Å². The predicted octanol–water partition coefficient (Wildman–Crippen LogP) is 1.11. The lowest BCUT2D eigenvalue weighted by atomic mass is 9.97. The molecule has 0 radical (unpaired) electrons. The van der Waals surface area contributed by atoms with Crippen LogP contribution in [0, 0.1) is 0 Å². The van der Waals surface area contributed by atoms with Gasteiger partial charge in [0.25, 0.3) is 0 Å². The fourth-order valence-corrected chi connectivity index (χ4v) is 2.31. The number of aromatic nitrogens is 1. The number of esters is 1. The summed E-state index contributed by atoms with van der Waals surface area (Å²) in [6.07, 6.45) is 4.63. The first-order chi connectivity index (χ1) is 7.76. The molecule has 3 N–H and O–H groups in total. The first-order valence-electron chi connectivity index (χ1n) is 5.74. The van der Waals surface area contributed by atoms with Crippen molar-refractivity contribution in [1.82, 2.24) is 4.98 Å². The molecule has 88 valence electrons. The molecule has 1 heterocycles. The Hall–Kier alpha value is -1.29. The molecule has 4 nitrogen and oxygen atoms in total. The molecule has 1 atom stereocenters. The van der Waals surface area contributed by atoms with Crippen LogP contribution in [0.5, 0.6) is 0 Å². The second kappa shape index (κ2) is 4.70. The molecule has 1 aliphatic carbocycles. The molecule has 2 rings (SSSR count). The molecule has 0 spiro atoms. The third-order valence-electron chi connectivity index (χ3n) is 3.23. The van der Waals surface area contributed by atoms with Crippen molar-refractivity contribution in [3.8, 4) is 0 Å². The highest BCUT2D eigenvalue weighted by Crippen LogP contribution is 2.25. The summed E-state index contributed by atoms with van der Waals surface area (Å²) in [5, 5.41) is 0. The van der Waals surface area contributed by atoms with E-state index in [0.29, 0.717) is 0 Å². The minimum absolute atomic E-state index is 0.263. The van der Waals surface area contributed by atoms with Gasteiger partial charge in [0, 0.05) is 17.9 Å². The fourth-order valence-electron chi connectivity index (χ4n) is 2.31. The van der Waals surface area contributed by atoms with E-state index in [2.05, 4.69) is 11.1 Å². The van der Waals surface area contributed by atoms with E-state index in [1.165, 1.54) is 31.2 Å². The smallest absolute Gasteiger partial charge is 0.315 e. The number of aryl methyl sites for hydroxylation is 2. The van der Waals surface area contributed by atoms with Crippen molar-refractivity contribution in [3.63, 3.8) is 0 Å². The van der Waals surface area contributed by atoms with Crippen LogP contribution in [0.4, 0.5) is 0 Å². The van der Waals surface area contributed by atoms with Crippen LogP contribution in [0.2, 0.25) is 0 Å². The van der Waals surface area contributed by atoms with Gasteiger partial charge in [0.1, 0.15) is 5.92 Å². The molecule has 0 amide bonds. The van der Waals surface area contributed by atoms with Crippen molar-refractivity contribution >= 4 is 5.97 Å². The molecular formula is C12H18N2O2. The largest absolute Gasteiger partial charge is 0.468 e. The molecule has 1 unspecified atom stereocenters. The SMILES string of the molecule is COC(=O)C(CN)c1cc2c([nH]1)CCCC2. The zero-order valence-corrected chi connectivity index (χ0v) is 9.58. The Morgan fingerprint density at radius 3 is 2.94 bits per heavy atom. The van der Waals surface area contributed by atoms with Gasteiger partial charge in [0.2, 0.25) is 0 Å². The van der Waals surface area contributed by atoms with E-state index in [9.17, 15) is 4.79 Å². The topological polar surface area (TPSA) is 68.1 Å². The molecule has 0 fully saturated rings. The summed E-state index contributed by atoms with van der Waals surface area (Å²) in [6.45, 7) is 0.284. The van der Waals surface area contributed by atoms with Crippen molar-refractivity contribution in [2.75, 3.05) is 13.7 Å². The highest BCUT2D eigenvalue weighted by molar-refractivity contribution is 5.78. The molecule has 0 aromatic carbocycles. The zero-order valence-electron chi connectivity index (χ0n) is 9.58. The van der Waals surface area contributed by atoms with Crippen LogP contribution in [0.15, 0.2) is 6.07 Å². The number of hydrogen-bond donors (Lipinski definition) is 2. The van der Waals surface area contributed by atoms with Gasteiger partial charge in [-0.1, -0.05) is 0 Å². The maximum absolute atomic E-state index is 11.5. The summed E-state index contributed by atoms with van der Waals surface area (Å²) in [5.74, 6) is -0.614. The summed E-state index contributed by atoms with van der Waals surface area (Å²) < 4.78 is 4.75. The quantitative estimate of drug-likeness (QED) is 0.753. The second-order valence-corrected chi connectivity index (χ2v) is 4.25. The Morgan fingerprint density at radius 2 is 2.31 bits per heavy atom. The average Bonchev–Trinajstić information content (AvgIpc) is 2.72. The van der Waals surface area contributed by atoms with Gasteiger partial charge in [-0.3, -0.25) is 4.79 Å². The van der Waals surface area contributed by atoms with Gasteiger partial charge in [0.05, 0.1) is 7.11 Å². The summed E-state index contributed by atoms with van der Waals surface area (Å²) in [5.41, 5.74) is 9.13. The van der Waals surface area contributed by atoms with E-state index in [0.717, 1.165) is 18.5 Å². The number of aromatic amines is 1. The van der Waals surface area contributed by atoms with Crippen molar-refractivity contribution in [2.24, 2.45) is 5.73 Å². The molecule has 0 saturated carbocycles. The maximum Gasteiger partial charge on any atom is 0.315 e. The van der Waals surface area contributed by atoms with Gasteiger partial charge < -0.3 is 15.5 Å². The molecule has 0 bridgehead atoms. The van der Waals surface area contributed by atoms with Crippen molar-refractivity contribution in [1.29, 1.82) is 0 Å². The Morgan fingerprint density at radius 1 is 1.56 bits per heavy atom. The van der Waals surface area contributed by atoms with Crippen LogP contribution in [-0.2, 0) is 22.4 Å². The van der Waals surface area contributed by atoms with Gasteiger partial charge in [-0.05, 0) is 37.3 Å².